The molecule has 4 rings (SSSR count). The number of rotatable bonds is 5. The van der Waals surface area contributed by atoms with Gasteiger partial charge in [-0.2, -0.15) is 4.72 Å². The summed E-state index contributed by atoms with van der Waals surface area (Å²) in [5.41, 5.74) is 1.62. The molecule has 2 aliphatic rings. The fraction of sp³-hybridized carbons (Fsp3) is 0.316. The molecule has 0 spiro atoms. The van der Waals surface area contributed by atoms with Crippen molar-refractivity contribution in [3.8, 4) is 11.5 Å². The highest BCUT2D eigenvalue weighted by atomic mass is 32.2. The Morgan fingerprint density at radius 3 is 2.74 bits per heavy atom. The maximum Gasteiger partial charge on any atom is 0.244 e. The molecule has 27 heavy (non-hydrogen) atoms. The van der Waals surface area contributed by atoms with Crippen LogP contribution >= 0.6 is 0 Å². The highest BCUT2D eigenvalue weighted by Gasteiger charge is 2.36. The highest BCUT2D eigenvalue weighted by Crippen LogP contribution is 2.39. The van der Waals surface area contributed by atoms with E-state index in [0.717, 1.165) is 24.1 Å². The number of fused-ring (bicyclic) bond motifs is 1. The Labute approximate surface area is 158 Å². The average Bonchev–Trinajstić information content (AvgIpc) is 3.46. The first-order valence-corrected chi connectivity index (χ1v) is 10.3. The van der Waals surface area contributed by atoms with E-state index in [2.05, 4.69) is 14.9 Å². The van der Waals surface area contributed by atoms with E-state index in [0.29, 0.717) is 30.8 Å². The molecule has 2 aromatic carbocycles. The number of nitrogens with one attached hydrogen (secondary N) is 2. The summed E-state index contributed by atoms with van der Waals surface area (Å²) in [6, 6.07) is 12.9. The normalized spacial score (nSPS) is 17.9. The number of hydrogen-bond donors (Lipinski definition) is 2. The quantitative estimate of drug-likeness (QED) is 0.822. The summed E-state index contributed by atoms with van der Waals surface area (Å²) in [5, 5.41) is 2.74. The molecule has 1 fully saturated rings. The molecule has 2 aromatic rings. The summed E-state index contributed by atoms with van der Waals surface area (Å²) in [6.45, 7) is 2.18. The molecule has 1 amide bonds. The second-order valence-corrected chi connectivity index (χ2v) is 8.53. The first-order chi connectivity index (χ1) is 12.9. The number of anilines is 1. The van der Waals surface area contributed by atoms with Crippen LogP contribution < -0.4 is 19.7 Å². The molecule has 142 valence electrons. The third kappa shape index (κ3) is 3.91. The van der Waals surface area contributed by atoms with Crippen LogP contribution in [-0.4, -0.2) is 27.0 Å². The topological polar surface area (TPSA) is 87.7 Å². The van der Waals surface area contributed by atoms with Crippen molar-refractivity contribution in [2.75, 3.05) is 11.6 Å². The SMILES string of the molecule is CC(=O)NCc1cccc(Oc2ccc3c(c2)S(=O)(=O)NCN3C2CC2)c1. The highest BCUT2D eigenvalue weighted by molar-refractivity contribution is 7.89. The molecule has 0 unspecified atom stereocenters. The minimum Gasteiger partial charge on any atom is -0.457 e. The van der Waals surface area contributed by atoms with E-state index in [-0.39, 0.29) is 10.8 Å². The van der Waals surface area contributed by atoms with Gasteiger partial charge in [0.05, 0.1) is 12.4 Å². The Balaban J connectivity index is 1.59. The fourth-order valence-corrected chi connectivity index (χ4v) is 4.32. The molecule has 1 aliphatic carbocycles. The number of carbonyl (C=O) groups excluding carboxylic acids is 1. The molecular formula is C19H21N3O4S. The summed E-state index contributed by atoms with van der Waals surface area (Å²) in [7, 11) is -3.54. The summed E-state index contributed by atoms with van der Waals surface area (Å²) >= 11 is 0. The minimum atomic E-state index is -3.54. The number of amides is 1. The number of nitrogens with zero attached hydrogens (tertiary/aromatic N) is 1. The maximum absolute atomic E-state index is 12.4. The molecule has 0 aromatic heterocycles. The third-order valence-corrected chi connectivity index (χ3v) is 6.03. The Hall–Kier alpha value is -2.58. The second kappa shape index (κ2) is 6.86. The van der Waals surface area contributed by atoms with Gasteiger partial charge in [-0.1, -0.05) is 12.1 Å². The van der Waals surface area contributed by atoms with E-state index >= 15 is 0 Å². The van der Waals surface area contributed by atoms with E-state index < -0.39 is 10.0 Å². The molecule has 2 N–H and O–H groups in total. The summed E-state index contributed by atoms with van der Waals surface area (Å²) in [4.78, 5) is 13.4. The maximum atomic E-state index is 12.4. The van der Waals surface area contributed by atoms with Crippen LogP contribution in [0.1, 0.15) is 25.3 Å². The Morgan fingerprint density at radius 2 is 2.00 bits per heavy atom. The fourth-order valence-electron chi connectivity index (χ4n) is 3.12. The summed E-state index contributed by atoms with van der Waals surface area (Å²) in [5.74, 6) is 0.931. The van der Waals surface area contributed by atoms with Crippen LogP contribution in [0.3, 0.4) is 0 Å². The van der Waals surface area contributed by atoms with E-state index in [4.69, 9.17) is 4.74 Å². The first-order valence-electron chi connectivity index (χ1n) is 8.84. The molecule has 0 atom stereocenters. The van der Waals surface area contributed by atoms with Gasteiger partial charge in [0.25, 0.3) is 0 Å². The van der Waals surface area contributed by atoms with Crippen molar-refractivity contribution in [3.05, 3.63) is 48.0 Å². The third-order valence-electron chi connectivity index (χ3n) is 4.62. The van der Waals surface area contributed by atoms with Crippen LogP contribution in [0, 0.1) is 0 Å². The molecule has 0 bridgehead atoms. The van der Waals surface area contributed by atoms with Gasteiger partial charge >= 0.3 is 0 Å². The van der Waals surface area contributed by atoms with Crippen LogP contribution in [0.15, 0.2) is 47.4 Å². The van der Waals surface area contributed by atoms with Gasteiger partial charge in [0.1, 0.15) is 16.4 Å². The molecule has 1 saturated carbocycles. The zero-order chi connectivity index (χ0) is 19.0. The Bertz CT molecular complexity index is 986. The van der Waals surface area contributed by atoms with Crippen molar-refractivity contribution in [2.45, 2.75) is 37.2 Å². The van der Waals surface area contributed by atoms with E-state index in [1.54, 1.807) is 18.2 Å². The molecule has 0 radical (unpaired) electrons. The van der Waals surface area contributed by atoms with Crippen LogP contribution in [-0.2, 0) is 21.4 Å². The van der Waals surface area contributed by atoms with Crippen molar-refractivity contribution in [3.63, 3.8) is 0 Å². The van der Waals surface area contributed by atoms with Gasteiger partial charge in [0, 0.05) is 25.6 Å². The summed E-state index contributed by atoms with van der Waals surface area (Å²) in [6.07, 6.45) is 2.17. The largest absolute Gasteiger partial charge is 0.457 e. The lowest BCUT2D eigenvalue weighted by Crippen LogP contribution is -2.44. The van der Waals surface area contributed by atoms with Crippen molar-refractivity contribution in [1.29, 1.82) is 0 Å². The van der Waals surface area contributed by atoms with Gasteiger partial charge in [0.15, 0.2) is 0 Å². The van der Waals surface area contributed by atoms with Crippen LogP contribution in [0.25, 0.3) is 0 Å². The van der Waals surface area contributed by atoms with Gasteiger partial charge in [0.2, 0.25) is 15.9 Å². The molecule has 7 nitrogen and oxygen atoms in total. The number of hydrogen-bond acceptors (Lipinski definition) is 5. The van der Waals surface area contributed by atoms with Gasteiger partial charge in [-0.3, -0.25) is 4.79 Å². The lowest BCUT2D eigenvalue weighted by molar-refractivity contribution is -0.119. The van der Waals surface area contributed by atoms with Gasteiger partial charge in [-0.15, -0.1) is 0 Å². The number of sulfonamides is 1. The molecule has 8 heteroatoms. The minimum absolute atomic E-state index is 0.103. The average molecular weight is 387 g/mol. The lowest BCUT2D eigenvalue weighted by Gasteiger charge is -2.31. The molecule has 1 heterocycles. The van der Waals surface area contributed by atoms with Crippen LogP contribution in [0.2, 0.25) is 0 Å². The standard InChI is InChI=1S/C19H21N3O4S/c1-13(23)20-11-14-3-2-4-16(9-14)26-17-7-8-18-19(10-17)27(24,25)21-12-22(18)15-5-6-15/h2-4,7-10,15,21H,5-6,11-12H2,1H3,(H,20,23). The second-order valence-electron chi connectivity index (χ2n) is 6.80. The zero-order valence-electron chi connectivity index (χ0n) is 14.9. The van der Waals surface area contributed by atoms with E-state index in [1.165, 1.54) is 6.92 Å². The van der Waals surface area contributed by atoms with Gasteiger partial charge in [-0.25, -0.2) is 8.42 Å². The van der Waals surface area contributed by atoms with Gasteiger partial charge < -0.3 is 15.0 Å². The molecule has 0 saturated heterocycles. The van der Waals surface area contributed by atoms with E-state index in [1.807, 2.05) is 24.3 Å². The summed E-state index contributed by atoms with van der Waals surface area (Å²) < 4.78 is 33.4. The van der Waals surface area contributed by atoms with Gasteiger partial charge in [-0.05, 0) is 42.7 Å². The predicted octanol–water partition coefficient (Wildman–Crippen LogP) is 2.33. The Morgan fingerprint density at radius 1 is 1.22 bits per heavy atom. The zero-order valence-corrected chi connectivity index (χ0v) is 15.8. The number of ether oxygens (including phenoxy) is 1. The van der Waals surface area contributed by atoms with Crippen molar-refractivity contribution in [1.82, 2.24) is 10.0 Å². The van der Waals surface area contributed by atoms with Crippen molar-refractivity contribution >= 4 is 21.6 Å². The van der Waals surface area contributed by atoms with Crippen molar-refractivity contribution in [2.24, 2.45) is 0 Å². The van der Waals surface area contributed by atoms with Crippen molar-refractivity contribution < 1.29 is 17.9 Å². The monoisotopic (exact) mass is 387 g/mol. The lowest BCUT2D eigenvalue weighted by atomic mass is 10.2. The first kappa shape index (κ1) is 17.8. The number of benzene rings is 2. The van der Waals surface area contributed by atoms with Crippen LogP contribution in [0.4, 0.5) is 5.69 Å². The molecular weight excluding hydrogens is 366 g/mol. The Kier molecular flexibility index (Phi) is 4.53. The molecule has 1 aliphatic heterocycles. The van der Waals surface area contributed by atoms with E-state index in [9.17, 15) is 13.2 Å². The van der Waals surface area contributed by atoms with Crippen LogP contribution in [0.5, 0.6) is 11.5 Å². The number of carbonyl (C=O) groups is 1. The smallest absolute Gasteiger partial charge is 0.244 e. The predicted molar refractivity (Wildman–Crippen MR) is 101 cm³/mol.